The van der Waals surface area contributed by atoms with Gasteiger partial charge in [-0.3, -0.25) is 9.89 Å². The van der Waals surface area contributed by atoms with Crippen LogP contribution in [-0.2, 0) is 9.53 Å². The number of carbonyl (C=O) groups excluding carboxylic acids is 1. The molecular formula is C16H12BrClFN3O2S. The average molecular weight is 445 g/mol. The van der Waals surface area contributed by atoms with Crippen LogP contribution in [0.1, 0.15) is 11.6 Å². The molecule has 0 radical (unpaired) electrons. The second kappa shape index (κ2) is 7.63. The molecule has 3 rings (SSSR count). The minimum atomic E-state index is -0.690. The molecule has 0 aliphatic carbocycles. The van der Waals surface area contributed by atoms with E-state index in [0.29, 0.717) is 27.3 Å². The highest BCUT2D eigenvalue weighted by atomic mass is 79.9. The molecule has 5 nitrogen and oxygen atoms in total. The zero-order valence-corrected chi connectivity index (χ0v) is 16.1. The number of benzene rings is 1. The number of aromatic nitrogens is 1. The number of aliphatic imine (C=N–C) groups is 1. The van der Waals surface area contributed by atoms with Gasteiger partial charge in [0.25, 0.3) is 0 Å². The van der Waals surface area contributed by atoms with Crippen molar-refractivity contribution in [3.63, 3.8) is 0 Å². The number of methoxy groups -OCH3 is 1. The maximum absolute atomic E-state index is 13.4. The predicted octanol–water partition coefficient (Wildman–Crippen LogP) is 4.35. The zero-order valence-electron chi connectivity index (χ0n) is 12.9. The Bertz CT molecular complexity index is 857. The molecule has 0 amide bonds. The molecule has 2 heterocycles. The number of nitrogens with zero attached hydrogens (tertiary/aromatic N) is 3. The fraction of sp³-hybridized carbons (Fsp3) is 0.188. The maximum Gasteiger partial charge on any atom is 0.338 e. The molecule has 0 fully saturated rings. The Morgan fingerprint density at radius 1 is 1.52 bits per heavy atom. The van der Waals surface area contributed by atoms with Crippen molar-refractivity contribution in [1.29, 1.82) is 0 Å². The number of rotatable bonds is 4. The third-order valence-electron chi connectivity index (χ3n) is 3.62. The second-order valence-electron chi connectivity index (χ2n) is 5.00. The third-order valence-corrected chi connectivity index (χ3v) is 5.25. The number of thiazole rings is 1. The molecule has 2 aromatic rings. The lowest BCUT2D eigenvalue weighted by molar-refractivity contribution is -0.136. The van der Waals surface area contributed by atoms with Gasteiger partial charge in [0, 0.05) is 33.2 Å². The summed E-state index contributed by atoms with van der Waals surface area (Å²) in [4.78, 5) is 22.9. The van der Waals surface area contributed by atoms with Crippen LogP contribution >= 0.6 is 38.9 Å². The van der Waals surface area contributed by atoms with Crippen molar-refractivity contribution in [1.82, 2.24) is 4.98 Å². The van der Waals surface area contributed by atoms with Gasteiger partial charge in [-0.1, -0.05) is 33.6 Å². The van der Waals surface area contributed by atoms with Gasteiger partial charge in [-0.15, -0.1) is 11.3 Å². The van der Waals surface area contributed by atoms with E-state index in [1.165, 1.54) is 36.6 Å². The van der Waals surface area contributed by atoms with Gasteiger partial charge in [-0.05, 0) is 12.1 Å². The number of halogens is 3. The molecule has 0 spiro atoms. The zero-order chi connectivity index (χ0) is 18.0. The molecule has 0 saturated carbocycles. The van der Waals surface area contributed by atoms with E-state index < -0.39 is 17.8 Å². The fourth-order valence-electron chi connectivity index (χ4n) is 2.50. The summed E-state index contributed by atoms with van der Waals surface area (Å²) in [5.74, 6) is -0.986. The van der Waals surface area contributed by atoms with Crippen LogP contribution in [-0.4, -0.2) is 29.7 Å². The van der Waals surface area contributed by atoms with Gasteiger partial charge in [-0.2, -0.15) is 0 Å². The summed E-state index contributed by atoms with van der Waals surface area (Å²) in [7, 11) is 1.30. The Balaban J connectivity index is 2.15. The number of allylic oxidation sites excluding steroid dienone is 1. The number of alkyl halides is 1. The molecule has 1 aromatic heterocycles. The first-order valence-corrected chi connectivity index (χ1v) is 9.49. The normalized spacial score (nSPS) is 17.1. The van der Waals surface area contributed by atoms with Crippen molar-refractivity contribution in [2.45, 2.75) is 6.04 Å². The summed E-state index contributed by atoms with van der Waals surface area (Å²) in [5.41, 5.74) is 1.49. The number of hydrogen-bond donors (Lipinski definition) is 0. The van der Waals surface area contributed by atoms with Crippen LogP contribution in [0.3, 0.4) is 0 Å². The summed E-state index contributed by atoms with van der Waals surface area (Å²) in [6, 6.07) is 3.31. The van der Waals surface area contributed by atoms with Crippen LogP contribution in [0, 0.1) is 5.82 Å². The van der Waals surface area contributed by atoms with Crippen LogP contribution < -0.4 is 4.90 Å². The first-order chi connectivity index (χ1) is 12.1. The van der Waals surface area contributed by atoms with Crippen LogP contribution in [0.25, 0.3) is 0 Å². The van der Waals surface area contributed by atoms with Gasteiger partial charge in [0.2, 0.25) is 0 Å². The molecule has 25 heavy (non-hydrogen) atoms. The predicted molar refractivity (Wildman–Crippen MR) is 100 cm³/mol. The quantitative estimate of drug-likeness (QED) is 0.520. The van der Waals surface area contributed by atoms with Gasteiger partial charge >= 0.3 is 5.97 Å². The Labute approximate surface area is 160 Å². The van der Waals surface area contributed by atoms with Crippen molar-refractivity contribution >= 4 is 56.3 Å². The highest BCUT2D eigenvalue weighted by Gasteiger charge is 2.34. The van der Waals surface area contributed by atoms with E-state index in [9.17, 15) is 9.18 Å². The first kappa shape index (κ1) is 18.0. The molecule has 0 N–H and O–H groups in total. The van der Waals surface area contributed by atoms with Gasteiger partial charge < -0.3 is 4.74 Å². The Hall–Kier alpha value is -1.77. The topological polar surface area (TPSA) is 54.8 Å². The van der Waals surface area contributed by atoms with Gasteiger partial charge in [0.05, 0.1) is 19.0 Å². The van der Waals surface area contributed by atoms with E-state index in [1.54, 1.807) is 17.4 Å². The Kier molecular flexibility index (Phi) is 5.51. The van der Waals surface area contributed by atoms with Crippen molar-refractivity contribution < 1.29 is 13.9 Å². The number of anilines is 1. The molecule has 0 bridgehead atoms. The van der Waals surface area contributed by atoms with E-state index in [1.807, 2.05) is 5.38 Å². The van der Waals surface area contributed by atoms with Crippen molar-refractivity contribution in [2.75, 3.05) is 17.3 Å². The first-order valence-electron chi connectivity index (χ1n) is 7.11. The van der Waals surface area contributed by atoms with E-state index in [2.05, 4.69) is 25.9 Å². The monoisotopic (exact) mass is 443 g/mol. The van der Waals surface area contributed by atoms with E-state index in [4.69, 9.17) is 16.3 Å². The highest BCUT2D eigenvalue weighted by Crippen LogP contribution is 2.38. The van der Waals surface area contributed by atoms with Crippen LogP contribution in [0.15, 0.2) is 46.0 Å². The molecule has 1 aromatic carbocycles. The molecule has 1 aliphatic rings. The standard InChI is InChI=1S/C16H12BrClFN3O2S/c1-24-15(23)13-12(7-17)22(16-20-4-5-25-16)8-21-14(13)10-3-2-9(19)6-11(10)18/h2-6,8,14H,7H2,1H3. The molecule has 1 atom stereocenters. The SMILES string of the molecule is COC(=O)C1=C(CBr)N(c2nccs2)C=NC1c1ccc(F)cc1Cl. The largest absolute Gasteiger partial charge is 0.466 e. The number of hydrogen-bond acceptors (Lipinski definition) is 6. The molecule has 9 heteroatoms. The van der Waals surface area contributed by atoms with Gasteiger partial charge in [-0.25, -0.2) is 14.2 Å². The van der Waals surface area contributed by atoms with Crippen molar-refractivity contribution in [2.24, 2.45) is 4.99 Å². The van der Waals surface area contributed by atoms with Gasteiger partial charge in [0.1, 0.15) is 11.9 Å². The molecular weight excluding hydrogens is 433 g/mol. The fourth-order valence-corrected chi connectivity index (χ4v) is 3.98. The Morgan fingerprint density at radius 2 is 2.32 bits per heavy atom. The average Bonchev–Trinajstić information content (AvgIpc) is 3.14. The molecule has 1 unspecified atom stereocenters. The summed E-state index contributed by atoms with van der Waals surface area (Å²) in [6.07, 6.45) is 3.26. The van der Waals surface area contributed by atoms with Crippen LogP contribution in [0.4, 0.5) is 9.52 Å². The number of esters is 1. The smallest absolute Gasteiger partial charge is 0.338 e. The minimum absolute atomic E-state index is 0.195. The summed E-state index contributed by atoms with van der Waals surface area (Å²) in [5, 5.41) is 3.07. The van der Waals surface area contributed by atoms with Crippen LogP contribution in [0.2, 0.25) is 5.02 Å². The molecule has 0 saturated heterocycles. The van der Waals surface area contributed by atoms with Crippen molar-refractivity contribution in [3.8, 4) is 0 Å². The molecule has 1 aliphatic heterocycles. The molecule has 130 valence electrons. The van der Waals surface area contributed by atoms with E-state index in [-0.39, 0.29) is 5.02 Å². The summed E-state index contributed by atoms with van der Waals surface area (Å²) >= 11 is 11.0. The van der Waals surface area contributed by atoms with Gasteiger partial charge in [0.15, 0.2) is 5.13 Å². The highest BCUT2D eigenvalue weighted by molar-refractivity contribution is 9.09. The Morgan fingerprint density at radius 3 is 2.92 bits per heavy atom. The van der Waals surface area contributed by atoms with E-state index >= 15 is 0 Å². The number of carbonyl (C=O) groups is 1. The summed E-state index contributed by atoms with van der Waals surface area (Å²) < 4.78 is 18.3. The maximum atomic E-state index is 13.4. The second-order valence-corrected chi connectivity index (χ2v) is 6.84. The minimum Gasteiger partial charge on any atom is -0.466 e. The lowest BCUT2D eigenvalue weighted by Gasteiger charge is -2.29. The lowest BCUT2D eigenvalue weighted by Crippen LogP contribution is -2.31. The number of ether oxygens (including phenoxy) is 1. The van der Waals surface area contributed by atoms with Crippen molar-refractivity contribution in [3.05, 3.63) is 57.4 Å². The van der Waals surface area contributed by atoms with Crippen LogP contribution in [0.5, 0.6) is 0 Å². The lowest BCUT2D eigenvalue weighted by atomic mass is 9.96. The third kappa shape index (κ3) is 3.47. The van der Waals surface area contributed by atoms with E-state index in [0.717, 1.165) is 0 Å². The summed E-state index contributed by atoms with van der Waals surface area (Å²) in [6.45, 7) is 0.